The fraction of sp³-hybridized carbons (Fsp3) is 0. The predicted octanol–water partition coefficient (Wildman–Crippen LogP) is 2.84. The maximum absolute atomic E-state index is 5.39. The van der Waals surface area contributed by atoms with Crippen molar-refractivity contribution in [3.8, 4) is 5.75 Å². The Kier molecular flexibility index (Phi) is 1.75. The number of aliphatic imine (C=N–C) groups is 1. The largest absolute Gasteiger partial charge is 0.461 e. The average Bonchev–Trinajstić information content (AvgIpc) is 2.54. The summed E-state index contributed by atoms with van der Waals surface area (Å²) in [4.78, 5) is 8.64. The predicted molar refractivity (Wildman–Crippen MR) is 59.7 cm³/mol. The lowest BCUT2D eigenvalue weighted by Crippen LogP contribution is -1.85. The molecule has 2 heterocycles. The van der Waals surface area contributed by atoms with Gasteiger partial charge in [-0.2, -0.15) is 0 Å². The minimum absolute atomic E-state index is 0.693. The fourth-order valence-electron chi connectivity index (χ4n) is 1.59. The Morgan fingerprint density at radius 1 is 1.13 bits per heavy atom. The SMILES string of the molecule is C1=COc2cnc3ccccc3c2N=C1. The molecule has 0 N–H and O–H groups in total. The first kappa shape index (κ1) is 8.17. The second-order valence-corrected chi connectivity index (χ2v) is 3.21. The maximum atomic E-state index is 5.39. The number of benzene rings is 1. The van der Waals surface area contributed by atoms with Crippen LogP contribution in [0.25, 0.3) is 10.9 Å². The van der Waals surface area contributed by atoms with Gasteiger partial charge in [-0.15, -0.1) is 0 Å². The summed E-state index contributed by atoms with van der Waals surface area (Å²) < 4.78 is 5.39. The van der Waals surface area contributed by atoms with Crippen LogP contribution in [0, 0.1) is 0 Å². The van der Waals surface area contributed by atoms with Crippen molar-refractivity contribution in [1.82, 2.24) is 4.98 Å². The lowest BCUT2D eigenvalue weighted by molar-refractivity contribution is 0.483. The van der Waals surface area contributed by atoms with Crippen LogP contribution in [0.1, 0.15) is 0 Å². The van der Waals surface area contributed by atoms with Gasteiger partial charge < -0.3 is 4.74 Å². The topological polar surface area (TPSA) is 34.5 Å². The maximum Gasteiger partial charge on any atom is 0.171 e. The molecule has 0 saturated carbocycles. The molecular formula is C12H8N2O. The Hall–Kier alpha value is -2.16. The fourth-order valence-corrected chi connectivity index (χ4v) is 1.59. The Morgan fingerprint density at radius 3 is 3.07 bits per heavy atom. The third kappa shape index (κ3) is 1.29. The minimum Gasteiger partial charge on any atom is -0.461 e. The summed E-state index contributed by atoms with van der Waals surface area (Å²) in [7, 11) is 0. The van der Waals surface area contributed by atoms with E-state index in [1.165, 1.54) is 0 Å². The number of fused-ring (bicyclic) bond motifs is 3. The Bertz CT molecular complexity index is 573. The zero-order valence-corrected chi connectivity index (χ0v) is 7.92. The summed E-state index contributed by atoms with van der Waals surface area (Å²) in [5.74, 6) is 0.693. The number of para-hydroxylation sites is 1. The monoisotopic (exact) mass is 196 g/mol. The molecular weight excluding hydrogens is 188 g/mol. The highest BCUT2D eigenvalue weighted by molar-refractivity contribution is 5.95. The van der Waals surface area contributed by atoms with Gasteiger partial charge in [-0.25, -0.2) is 0 Å². The van der Waals surface area contributed by atoms with Crippen LogP contribution < -0.4 is 4.74 Å². The molecule has 0 aliphatic carbocycles. The Balaban J connectivity index is 2.38. The van der Waals surface area contributed by atoms with Crippen molar-refractivity contribution in [1.29, 1.82) is 0 Å². The Labute approximate surface area is 86.7 Å². The van der Waals surface area contributed by atoms with E-state index >= 15 is 0 Å². The van der Waals surface area contributed by atoms with Gasteiger partial charge in [0.1, 0.15) is 5.69 Å². The van der Waals surface area contributed by atoms with E-state index in [1.54, 1.807) is 24.7 Å². The minimum atomic E-state index is 0.693. The van der Waals surface area contributed by atoms with Crippen molar-refractivity contribution in [2.24, 2.45) is 4.99 Å². The molecule has 1 aliphatic rings. The summed E-state index contributed by atoms with van der Waals surface area (Å²) in [6.45, 7) is 0. The molecule has 0 atom stereocenters. The van der Waals surface area contributed by atoms with Gasteiger partial charge in [-0.3, -0.25) is 9.98 Å². The first-order valence-corrected chi connectivity index (χ1v) is 4.69. The number of rotatable bonds is 0. The zero-order chi connectivity index (χ0) is 10.1. The van der Waals surface area contributed by atoms with Crippen LogP contribution in [0.2, 0.25) is 0 Å². The molecule has 0 bridgehead atoms. The van der Waals surface area contributed by atoms with Crippen molar-refractivity contribution in [3.05, 3.63) is 42.8 Å². The standard InChI is InChI=1S/C12H8N2O/c1-2-5-10-9(4-1)12-11(8-14-10)15-7-3-6-13-12/h1-8H. The first-order valence-electron chi connectivity index (χ1n) is 4.69. The number of hydrogen-bond donors (Lipinski definition) is 0. The first-order chi connectivity index (χ1) is 7.45. The average molecular weight is 196 g/mol. The van der Waals surface area contributed by atoms with Crippen LogP contribution in [-0.2, 0) is 0 Å². The normalized spacial score (nSPS) is 13.3. The van der Waals surface area contributed by atoms with Gasteiger partial charge in [0.25, 0.3) is 0 Å². The molecule has 72 valence electrons. The van der Waals surface area contributed by atoms with E-state index in [4.69, 9.17) is 4.74 Å². The highest BCUT2D eigenvalue weighted by Gasteiger charge is 2.08. The molecule has 1 aromatic carbocycles. The molecule has 1 aromatic heterocycles. The van der Waals surface area contributed by atoms with Crippen molar-refractivity contribution in [2.45, 2.75) is 0 Å². The number of aromatic nitrogens is 1. The van der Waals surface area contributed by atoms with Crippen LogP contribution in [0.15, 0.2) is 47.8 Å². The van der Waals surface area contributed by atoms with Crippen LogP contribution in [-0.4, -0.2) is 11.2 Å². The van der Waals surface area contributed by atoms with Crippen molar-refractivity contribution >= 4 is 22.8 Å². The summed E-state index contributed by atoms with van der Waals surface area (Å²) in [6, 6.07) is 7.88. The second-order valence-electron chi connectivity index (χ2n) is 3.21. The van der Waals surface area contributed by atoms with Crippen molar-refractivity contribution in [3.63, 3.8) is 0 Å². The smallest absolute Gasteiger partial charge is 0.171 e. The van der Waals surface area contributed by atoms with Gasteiger partial charge in [0.2, 0.25) is 0 Å². The molecule has 0 fully saturated rings. The third-order valence-corrected chi connectivity index (χ3v) is 2.28. The molecule has 3 nitrogen and oxygen atoms in total. The molecule has 0 radical (unpaired) electrons. The molecule has 0 saturated heterocycles. The Morgan fingerprint density at radius 2 is 2.07 bits per heavy atom. The number of ether oxygens (including phenoxy) is 1. The van der Waals surface area contributed by atoms with E-state index in [0.717, 1.165) is 16.6 Å². The van der Waals surface area contributed by atoms with Crippen LogP contribution in [0.4, 0.5) is 5.69 Å². The summed E-state index contributed by atoms with van der Waals surface area (Å²) in [5, 5.41) is 1.01. The van der Waals surface area contributed by atoms with Gasteiger partial charge in [0.05, 0.1) is 18.0 Å². The van der Waals surface area contributed by atoms with Crippen LogP contribution >= 0.6 is 0 Å². The van der Waals surface area contributed by atoms with E-state index in [0.29, 0.717) is 5.75 Å². The zero-order valence-electron chi connectivity index (χ0n) is 7.92. The van der Waals surface area contributed by atoms with E-state index < -0.39 is 0 Å². The van der Waals surface area contributed by atoms with Gasteiger partial charge in [-0.1, -0.05) is 18.2 Å². The number of allylic oxidation sites excluding steroid dienone is 1. The van der Waals surface area contributed by atoms with Gasteiger partial charge in [-0.05, 0) is 12.1 Å². The van der Waals surface area contributed by atoms with Crippen molar-refractivity contribution in [2.75, 3.05) is 0 Å². The quantitative estimate of drug-likeness (QED) is 0.649. The lowest BCUT2D eigenvalue weighted by atomic mass is 10.2. The van der Waals surface area contributed by atoms with Crippen molar-refractivity contribution < 1.29 is 4.74 Å². The lowest BCUT2D eigenvalue weighted by Gasteiger charge is -2.05. The van der Waals surface area contributed by atoms with Crippen LogP contribution in [0.5, 0.6) is 5.75 Å². The van der Waals surface area contributed by atoms with E-state index in [2.05, 4.69) is 9.98 Å². The summed E-state index contributed by atoms with van der Waals surface area (Å²) in [5.41, 5.74) is 1.77. The highest BCUT2D eigenvalue weighted by Crippen LogP contribution is 2.34. The molecule has 1 aliphatic heterocycles. The van der Waals surface area contributed by atoms with Gasteiger partial charge in [0, 0.05) is 11.6 Å². The number of nitrogens with zero attached hydrogens (tertiary/aromatic N) is 2. The van der Waals surface area contributed by atoms with Gasteiger partial charge >= 0.3 is 0 Å². The van der Waals surface area contributed by atoms with E-state index in [-0.39, 0.29) is 0 Å². The molecule has 0 unspecified atom stereocenters. The van der Waals surface area contributed by atoms with Gasteiger partial charge in [0.15, 0.2) is 5.75 Å². The molecule has 0 amide bonds. The molecule has 0 spiro atoms. The van der Waals surface area contributed by atoms with E-state index in [9.17, 15) is 0 Å². The number of hydrogen-bond acceptors (Lipinski definition) is 3. The molecule has 2 aromatic rings. The van der Waals surface area contributed by atoms with E-state index in [1.807, 2.05) is 24.3 Å². The third-order valence-electron chi connectivity index (χ3n) is 2.28. The molecule has 3 rings (SSSR count). The molecule has 15 heavy (non-hydrogen) atoms. The summed E-state index contributed by atoms with van der Waals surface area (Å²) in [6.07, 6.45) is 6.78. The summed E-state index contributed by atoms with van der Waals surface area (Å²) >= 11 is 0. The highest BCUT2D eigenvalue weighted by atomic mass is 16.5. The second kappa shape index (κ2) is 3.20. The van der Waals surface area contributed by atoms with Crippen LogP contribution in [0.3, 0.4) is 0 Å². The number of pyridine rings is 1. The molecule has 3 heteroatoms.